The number of benzene rings is 1. The minimum Gasteiger partial charge on any atom is -0.454 e. The van der Waals surface area contributed by atoms with Gasteiger partial charge in [0.1, 0.15) is 0 Å². The van der Waals surface area contributed by atoms with Gasteiger partial charge in [-0.05, 0) is 30.5 Å². The Labute approximate surface area is 101 Å². The molecular weight excluding hydrogens is 218 g/mol. The predicted molar refractivity (Wildman–Crippen MR) is 64.2 cm³/mol. The number of carbonyl (C=O) groups excluding carboxylic acids is 1. The first-order chi connectivity index (χ1) is 8.29. The minimum absolute atomic E-state index is 0.119. The van der Waals surface area contributed by atoms with E-state index >= 15 is 0 Å². The van der Waals surface area contributed by atoms with Crippen LogP contribution in [0.1, 0.15) is 25.3 Å². The van der Waals surface area contributed by atoms with E-state index in [1.165, 1.54) is 0 Å². The maximum absolute atomic E-state index is 11.3. The molecule has 4 nitrogen and oxygen atoms in total. The zero-order valence-corrected chi connectivity index (χ0v) is 9.99. The van der Waals surface area contributed by atoms with Crippen LogP contribution in [-0.2, 0) is 11.2 Å². The van der Waals surface area contributed by atoms with Crippen LogP contribution in [0, 0.1) is 0 Å². The lowest BCUT2D eigenvalue weighted by atomic mass is 10.1. The van der Waals surface area contributed by atoms with E-state index in [2.05, 4.69) is 5.32 Å². The Balaban J connectivity index is 1.81. The van der Waals surface area contributed by atoms with E-state index in [4.69, 9.17) is 9.47 Å². The first kappa shape index (κ1) is 11.8. The molecule has 1 heterocycles. The molecule has 92 valence electrons. The number of ether oxygens (including phenoxy) is 2. The molecular formula is C13H17NO3. The van der Waals surface area contributed by atoms with Gasteiger partial charge >= 0.3 is 0 Å². The summed E-state index contributed by atoms with van der Waals surface area (Å²) in [6.07, 6.45) is 2.29. The molecule has 0 saturated carbocycles. The summed E-state index contributed by atoms with van der Waals surface area (Å²) in [7, 11) is 0. The zero-order chi connectivity index (χ0) is 12.1. The Kier molecular flexibility index (Phi) is 3.85. The fraction of sp³-hybridized carbons (Fsp3) is 0.462. The van der Waals surface area contributed by atoms with E-state index in [0.717, 1.165) is 29.9 Å². The van der Waals surface area contributed by atoms with Crippen LogP contribution in [0.25, 0.3) is 0 Å². The second-order valence-electron chi connectivity index (χ2n) is 4.04. The average molecular weight is 235 g/mol. The third-order valence-corrected chi connectivity index (χ3v) is 2.65. The molecule has 2 rings (SSSR count). The van der Waals surface area contributed by atoms with Crippen molar-refractivity contribution < 1.29 is 14.3 Å². The van der Waals surface area contributed by atoms with Crippen LogP contribution in [0.5, 0.6) is 11.5 Å². The van der Waals surface area contributed by atoms with Crippen molar-refractivity contribution in [1.29, 1.82) is 0 Å². The molecule has 0 fully saturated rings. The number of nitrogens with one attached hydrogen (secondary N) is 1. The molecule has 0 unspecified atom stereocenters. The highest BCUT2D eigenvalue weighted by Crippen LogP contribution is 2.32. The molecule has 0 aromatic heterocycles. The molecule has 0 aliphatic carbocycles. The fourth-order valence-corrected chi connectivity index (χ4v) is 1.76. The van der Waals surface area contributed by atoms with Crippen LogP contribution in [0.3, 0.4) is 0 Å². The Morgan fingerprint density at radius 2 is 2.18 bits per heavy atom. The molecule has 0 radical (unpaired) electrons. The van der Waals surface area contributed by atoms with Crippen molar-refractivity contribution in [2.24, 2.45) is 0 Å². The Hall–Kier alpha value is -1.71. The highest BCUT2D eigenvalue weighted by molar-refractivity contribution is 5.75. The number of hydrogen-bond acceptors (Lipinski definition) is 3. The Morgan fingerprint density at radius 1 is 1.35 bits per heavy atom. The highest BCUT2D eigenvalue weighted by atomic mass is 16.7. The molecule has 4 heteroatoms. The van der Waals surface area contributed by atoms with Crippen molar-refractivity contribution >= 4 is 5.91 Å². The van der Waals surface area contributed by atoms with Crippen LogP contribution in [0.15, 0.2) is 18.2 Å². The molecule has 1 aromatic carbocycles. The van der Waals surface area contributed by atoms with Crippen LogP contribution in [0.4, 0.5) is 0 Å². The lowest BCUT2D eigenvalue weighted by Gasteiger charge is -2.05. The molecule has 0 bridgehead atoms. The standard InChI is InChI=1S/C13H17NO3/c1-2-3-13(15)14-7-6-10-4-5-11-12(8-10)17-9-16-11/h4-5,8H,2-3,6-7,9H2,1H3,(H,14,15). The lowest BCUT2D eigenvalue weighted by Crippen LogP contribution is -2.25. The molecule has 1 amide bonds. The van der Waals surface area contributed by atoms with Crippen LogP contribution < -0.4 is 14.8 Å². The summed E-state index contributed by atoms with van der Waals surface area (Å²) in [5.41, 5.74) is 1.14. The smallest absolute Gasteiger partial charge is 0.231 e. The van der Waals surface area contributed by atoms with Gasteiger partial charge in [-0.1, -0.05) is 13.0 Å². The van der Waals surface area contributed by atoms with Crippen molar-refractivity contribution in [3.63, 3.8) is 0 Å². The Morgan fingerprint density at radius 3 is 3.00 bits per heavy atom. The second-order valence-corrected chi connectivity index (χ2v) is 4.04. The fourth-order valence-electron chi connectivity index (χ4n) is 1.76. The van der Waals surface area contributed by atoms with Gasteiger partial charge in [0.25, 0.3) is 0 Å². The van der Waals surface area contributed by atoms with Gasteiger partial charge in [-0.2, -0.15) is 0 Å². The quantitative estimate of drug-likeness (QED) is 0.847. The van der Waals surface area contributed by atoms with Crippen LogP contribution >= 0.6 is 0 Å². The summed E-state index contributed by atoms with van der Waals surface area (Å²) in [5, 5.41) is 2.89. The van der Waals surface area contributed by atoms with Crippen LogP contribution in [0.2, 0.25) is 0 Å². The average Bonchev–Trinajstić information content (AvgIpc) is 2.76. The van der Waals surface area contributed by atoms with Gasteiger partial charge < -0.3 is 14.8 Å². The molecule has 0 saturated heterocycles. The first-order valence-electron chi connectivity index (χ1n) is 5.95. The third kappa shape index (κ3) is 3.12. The molecule has 0 atom stereocenters. The van der Waals surface area contributed by atoms with Crippen LogP contribution in [-0.4, -0.2) is 19.2 Å². The number of carbonyl (C=O) groups is 1. The van der Waals surface area contributed by atoms with Crippen molar-refractivity contribution in [1.82, 2.24) is 5.32 Å². The summed E-state index contributed by atoms with van der Waals surface area (Å²) >= 11 is 0. The summed E-state index contributed by atoms with van der Waals surface area (Å²) in [6, 6.07) is 5.87. The summed E-state index contributed by atoms with van der Waals surface area (Å²) in [4.78, 5) is 11.3. The molecule has 1 aromatic rings. The van der Waals surface area contributed by atoms with Gasteiger partial charge in [0.05, 0.1) is 0 Å². The SMILES string of the molecule is CCCC(=O)NCCc1ccc2c(c1)OCO2. The van der Waals surface area contributed by atoms with E-state index in [1.54, 1.807) is 0 Å². The number of fused-ring (bicyclic) bond motifs is 1. The third-order valence-electron chi connectivity index (χ3n) is 2.65. The lowest BCUT2D eigenvalue weighted by molar-refractivity contribution is -0.121. The van der Waals surface area contributed by atoms with Gasteiger partial charge in [-0.3, -0.25) is 4.79 Å². The molecule has 17 heavy (non-hydrogen) atoms. The number of amides is 1. The molecule has 1 N–H and O–H groups in total. The van der Waals surface area contributed by atoms with E-state index in [9.17, 15) is 4.79 Å². The van der Waals surface area contributed by atoms with Crippen molar-refractivity contribution in [3.05, 3.63) is 23.8 Å². The van der Waals surface area contributed by atoms with Gasteiger partial charge in [0.15, 0.2) is 11.5 Å². The number of rotatable bonds is 5. The van der Waals surface area contributed by atoms with Gasteiger partial charge in [0.2, 0.25) is 12.7 Å². The molecule has 1 aliphatic rings. The van der Waals surface area contributed by atoms with E-state index in [-0.39, 0.29) is 5.91 Å². The van der Waals surface area contributed by atoms with E-state index in [1.807, 2.05) is 25.1 Å². The molecule has 1 aliphatic heterocycles. The summed E-state index contributed by atoms with van der Waals surface area (Å²) in [5.74, 6) is 1.71. The monoisotopic (exact) mass is 235 g/mol. The summed E-state index contributed by atoms with van der Waals surface area (Å²) in [6.45, 7) is 2.96. The van der Waals surface area contributed by atoms with Crippen molar-refractivity contribution in [2.45, 2.75) is 26.2 Å². The minimum atomic E-state index is 0.119. The molecule has 0 spiro atoms. The topological polar surface area (TPSA) is 47.6 Å². The highest BCUT2D eigenvalue weighted by Gasteiger charge is 2.12. The normalized spacial score (nSPS) is 12.5. The van der Waals surface area contributed by atoms with Gasteiger partial charge in [-0.25, -0.2) is 0 Å². The Bertz CT molecular complexity index is 404. The summed E-state index contributed by atoms with van der Waals surface area (Å²) < 4.78 is 10.5. The van der Waals surface area contributed by atoms with E-state index < -0.39 is 0 Å². The van der Waals surface area contributed by atoms with E-state index in [0.29, 0.717) is 19.8 Å². The van der Waals surface area contributed by atoms with Crippen molar-refractivity contribution in [3.8, 4) is 11.5 Å². The maximum atomic E-state index is 11.3. The van der Waals surface area contributed by atoms with Crippen molar-refractivity contribution in [2.75, 3.05) is 13.3 Å². The second kappa shape index (κ2) is 5.57. The predicted octanol–water partition coefficient (Wildman–Crippen LogP) is 1.87. The number of hydrogen-bond donors (Lipinski definition) is 1. The first-order valence-corrected chi connectivity index (χ1v) is 5.95. The van der Waals surface area contributed by atoms with Gasteiger partial charge in [-0.15, -0.1) is 0 Å². The largest absolute Gasteiger partial charge is 0.454 e. The maximum Gasteiger partial charge on any atom is 0.231 e. The van der Waals surface area contributed by atoms with Gasteiger partial charge in [0, 0.05) is 13.0 Å². The zero-order valence-electron chi connectivity index (χ0n) is 9.99.